The van der Waals surface area contributed by atoms with Gasteiger partial charge in [-0.1, -0.05) is 34.4 Å². The molecule has 1 heterocycles. The minimum Gasteiger partial charge on any atom is -0.361 e. The van der Waals surface area contributed by atoms with Gasteiger partial charge < -0.3 is 9.84 Å². The van der Waals surface area contributed by atoms with Gasteiger partial charge in [-0.05, 0) is 45.5 Å². The minimum absolute atomic E-state index is 0.0808. The van der Waals surface area contributed by atoms with Gasteiger partial charge >= 0.3 is 0 Å². The van der Waals surface area contributed by atoms with Crippen molar-refractivity contribution < 1.29 is 9.32 Å². The molecule has 0 aliphatic carbocycles. The van der Waals surface area contributed by atoms with E-state index in [-0.39, 0.29) is 18.5 Å². The van der Waals surface area contributed by atoms with Crippen LogP contribution in [-0.4, -0.2) is 29.6 Å². The number of halogens is 2. The molecular formula is C17H21Cl2N3O2. The van der Waals surface area contributed by atoms with Crippen LogP contribution < -0.4 is 5.32 Å². The summed E-state index contributed by atoms with van der Waals surface area (Å²) in [5.41, 5.74) is 2.70. The van der Waals surface area contributed by atoms with Crippen LogP contribution >= 0.6 is 23.2 Å². The molecule has 0 aliphatic heterocycles. The maximum absolute atomic E-state index is 12.3. The third-order valence-corrected chi connectivity index (χ3v) is 4.39. The van der Waals surface area contributed by atoms with E-state index in [0.29, 0.717) is 16.6 Å². The molecule has 0 saturated heterocycles. The zero-order valence-corrected chi connectivity index (χ0v) is 15.7. The number of likely N-dealkylation sites (N-methyl/N-ethyl adjacent to an activating group) is 1. The van der Waals surface area contributed by atoms with Crippen LogP contribution in [-0.2, 0) is 11.3 Å². The van der Waals surface area contributed by atoms with Gasteiger partial charge in [-0.15, -0.1) is 0 Å². The summed E-state index contributed by atoms with van der Waals surface area (Å²) in [7, 11) is 1.88. The first-order valence-electron chi connectivity index (χ1n) is 7.62. The topological polar surface area (TPSA) is 58.4 Å². The molecular weight excluding hydrogens is 349 g/mol. The number of aryl methyl sites for hydroxylation is 2. The Hall–Kier alpha value is -1.56. The van der Waals surface area contributed by atoms with Gasteiger partial charge in [-0.3, -0.25) is 9.69 Å². The first kappa shape index (κ1) is 18.8. The molecule has 2 aromatic rings. The molecule has 1 N–H and O–H groups in total. The second-order valence-corrected chi connectivity index (χ2v) is 6.77. The Morgan fingerprint density at radius 2 is 2.08 bits per heavy atom. The highest BCUT2D eigenvalue weighted by molar-refractivity contribution is 6.35. The zero-order valence-electron chi connectivity index (χ0n) is 14.2. The van der Waals surface area contributed by atoms with E-state index < -0.39 is 0 Å². The molecule has 24 heavy (non-hydrogen) atoms. The smallest absolute Gasteiger partial charge is 0.234 e. The van der Waals surface area contributed by atoms with Crippen LogP contribution in [0.1, 0.15) is 35.5 Å². The van der Waals surface area contributed by atoms with Gasteiger partial charge in [-0.25, -0.2) is 0 Å². The van der Waals surface area contributed by atoms with E-state index in [2.05, 4.69) is 10.5 Å². The molecule has 1 amide bonds. The summed E-state index contributed by atoms with van der Waals surface area (Å²) in [5.74, 6) is 0.698. The van der Waals surface area contributed by atoms with Crippen molar-refractivity contribution in [2.24, 2.45) is 0 Å². The second kappa shape index (κ2) is 8.01. The number of hydrogen-bond donors (Lipinski definition) is 1. The van der Waals surface area contributed by atoms with E-state index in [1.165, 1.54) is 0 Å². The van der Waals surface area contributed by atoms with E-state index >= 15 is 0 Å². The lowest BCUT2D eigenvalue weighted by molar-refractivity contribution is -0.122. The fourth-order valence-electron chi connectivity index (χ4n) is 2.52. The summed E-state index contributed by atoms with van der Waals surface area (Å²) in [6.07, 6.45) is 0. The largest absolute Gasteiger partial charge is 0.361 e. The molecule has 7 heteroatoms. The molecule has 0 saturated carbocycles. The Balaban J connectivity index is 1.92. The molecule has 0 aliphatic rings. The fraction of sp³-hybridized carbons (Fsp3) is 0.412. The van der Waals surface area contributed by atoms with Crippen molar-refractivity contribution in [2.45, 2.75) is 33.4 Å². The predicted molar refractivity (Wildman–Crippen MR) is 95.3 cm³/mol. The monoisotopic (exact) mass is 369 g/mol. The molecule has 130 valence electrons. The van der Waals surface area contributed by atoms with Crippen molar-refractivity contribution in [3.05, 3.63) is 50.8 Å². The van der Waals surface area contributed by atoms with Crippen LogP contribution in [0.15, 0.2) is 22.7 Å². The Bertz CT molecular complexity index is 711. The van der Waals surface area contributed by atoms with Crippen LogP contribution in [0.25, 0.3) is 0 Å². The van der Waals surface area contributed by atoms with Crippen molar-refractivity contribution in [3.63, 3.8) is 0 Å². The quantitative estimate of drug-likeness (QED) is 0.838. The highest BCUT2D eigenvalue weighted by atomic mass is 35.5. The van der Waals surface area contributed by atoms with Crippen molar-refractivity contribution >= 4 is 29.1 Å². The number of carbonyl (C=O) groups is 1. The summed E-state index contributed by atoms with van der Waals surface area (Å²) in [5, 5.41) is 7.99. The normalized spacial score (nSPS) is 12.5. The number of nitrogens with one attached hydrogen (secondary N) is 1. The molecule has 0 unspecified atom stereocenters. The zero-order chi connectivity index (χ0) is 17.9. The summed E-state index contributed by atoms with van der Waals surface area (Å²) < 4.78 is 5.14. The Morgan fingerprint density at radius 3 is 2.67 bits per heavy atom. The molecule has 0 fully saturated rings. The molecule has 2 rings (SSSR count). The number of aromatic nitrogens is 1. The van der Waals surface area contributed by atoms with Crippen LogP contribution in [0.3, 0.4) is 0 Å². The van der Waals surface area contributed by atoms with Gasteiger partial charge in [0.1, 0.15) is 5.76 Å². The average molecular weight is 370 g/mol. The van der Waals surface area contributed by atoms with Gasteiger partial charge in [0.15, 0.2) is 0 Å². The molecule has 0 radical (unpaired) electrons. The lowest BCUT2D eigenvalue weighted by Crippen LogP contribution is -2.36. The van der Waals surface area contributed by atoms with Gasteiger partial charge in [0.2, 0.25) is 5.91 Å². The number of carbonyl (C=O) groups excluding carboxylic acids is 1. The van der Waals surface area contributed by atoms with Crippen LogP contribution in [0.4, 0.5) is 0 Å². The highest BCUT2D eigenvalue weighted by Gasteiger charge is 2.16. The van der Waals surface area contributed by atoms with Gasteiger partial charge in [-0.2, -0.15) is 0 Å². The number of benzene rings is 1. The first-order chi connectivity index (χ1) is 11.3. The number of rotatable bonds is 6. The van der Waals surface area contributed by atoms with E-state index in [9.17, 15) is 4.79 Å². The third-order valence-electron chi connectivity index (χ3n) is 3.83. The van der Waals surface area contributed by atoms with Gasteiger partial charge in [0.05, 0.1) is 18.3 Å². The summed E-state index contributed by atoms with van der Waals surface area (Å²) in [6, 6.07) is 5.05. The van der Waals surface area contributed by atoms with E-state index in [1.807, 2.05) is 38.8 Å². The van der Waals surface area contributed by atoms with Crippen molar-refractivity contribution in [2.75, 3.05) is 13.6 Å². The average Bonchev–Trinajstić information content (AvgIpc) is 2.78. The van der Waals surface area contributed by atoms with E-state index in [0.717, 1.165) is 22.6 Å². The van der Waals surface area contributed by atoms with Crippen molar-refractivity contribution in [1.82, 2.24) is 15.4 Å². The summed E-state index contributed by atoms with van der Waals surface area (Å²) in [6.45, 7) is 6.52. The van der Waals surface area contributed by atoms with Crippen LogP contribution in [0.2, 0.25) is 10.0 Å². The number of amides is 1. The molecule has 1 aromatic carbocycles. The minimum atomic E-state index is -0.199. The molecule has 0 bridgehead atoms. The number of nitrogens with zero attached hydrogens (tertiary/aromatic N) is 2. The number of hydrogen-bond acceptors (Lipinski definition) is 4. The van der Waals surface area contributed by atoms with Crippen molar-refractivity contribution in [1.29, 1.82) is 0 Å². The van der Waals surface area contributed by atoms with E-state index in [1.54, 1.807) is 12.1 Å². The Kier molecular flexibility index (Phi) is 6.27. The lowest BCUT2D eigenvalue weighted by Gasteiger charge is -2.20. The van der Waals surface area contributed by atoms with Gasteiger partial charge in [0, 0.05) is 22.2 Å². The van der Waals surface area contributed by atoms with Crippen LogP contribution in [0.5, 0.6) is 0 Å². The SMILES string of the molecule is Cc1noc(C)c1CN(C)CC(=O)N[C@H](C)c1ccc(Cl)cc1Cl. The molecule has 1 atom stereocenters. The molecule has 1 aromatic heterocycles. The first-order valence-corrected chi connectivity index (χ1v) is 8.38. The van der Waals surface area contributed by atoms with Crippen molar-refractivity contribution in [3.8, 4) is 0 Å². The second-order valence-electron chi connectivity index (χ2n) is 5.93. The highest BCUT2D eigenvalue weighted by Crippen LogP contribution is 2.26. The summed E-state index contributed by atoms with van der Waals surface area (Å²) in [4.78, 5) is 14.2. The standard InChI is InChI=1S/C17H21Cl2N3O2/c1-10(14-6-5-13(18)7-16(14)19)20-17(23)9-22(4)8-15-11(2)21-24-12(15)3/h5-7,10H,8-9H2,1-4H3,(H,20,23)/t10-/m1/s1. The van der Waals surface area contributed by atoms with E-state index in [4.69, 9.17) is 27.7 Å². The predicted octanol–water partition coefficient (Wildman–Crippen LogP) is 3.91. The molecule has 0 spiro atoms. The Labute approximate surface area is 151 Å². The maximum Gasteiger partial charge on any atom is 0.234 e. The molecule has 5 nitrogen and oxygen atoms in total. The third kappa shape index (κ3) is 4.72. The van der Waals surface area contributed by atoms with Crippen LogP contribution in [0, 0.1) is 13.8 Å². The lowest BCUT2D eigenvalue weighted by atomic mass is 10.1. The fourth-order valence-corrected chi connectivity index (χ4v) is 3.09. The maximum atomic E-state index is 12.3. The Morgan fingerprint density at radius 1 is 1.38 bits per heavy atom. The van der Waals surface area contributed by atoms with Gasteiger partial charge in [0.25, 0.3) is 0 Å². The summed E-state index contributed by atoms with van der Waals surface area (Å²) >= 11 is 12.1.